The summed E-state index contributed by atoms with van der Waals surface area (Å²) in [4.78, 5) is 7.51. The van der Waals surface area contributed by atoms with Crippen molar-refractivity contribution in [1.82, 2.24) is 9.97 Å². The van der Waals surface area contributed by atoms with E-state index in [1.54, 1.807) is 0 Å². The lowest BCUT2D eigenvalue weighted by molar-refractivity contribution is 0.436. The van der Waals surface area contributed by atoms with Crippen molar-refractivity contribution in [3.8, 4) is 0 Å². The van der Waals surface area contributed by atoms with Crippen LogP contribution < -0.4 is 11.1 Å². The van der Waals surface area contributed by atoms with Crippen molar-refractivity contribution in [2.24, 2.45) is 11.8 Å². The quantitative estimate of drug-likeness (QED) is 0.800. The van der Waals surface area contributed by atoms with Gasteiger partial charge in [-0.25, -0.2) is 9.37 Å². The van der Waals surface area contributed by atoms with Crippen LogP contribution in [-0.4, -0.2) is 16.0 Å². The average Bonchev–Trinajstić information content (AvgIpc) is 2.85. The van der Waals surface area contributed by atoms with Crippen LogP contribution in [0, 0.1) is 17.7 Å². The van der Waals surface area contributed by atoms with Crippen LogP contribution in [0.3, 0.4) is 0 Å². The van der Waals surface area contributed by atoms with E-state index in [1.807, 2.05) is 0 Å². The summed E-state index contributed by atoms with van der Waals surface area (Å²) >= 11 is 0. The van der Waals surface area contributed by atoms with Crippen LogP contribution in [-0.2, 0) is 0 Å². The van der Waals surface area contributed by atoms with Crippen LogP contribution in [0.5, 0.6) is 0 Å². The topological polar surface area (TPSA) is 63.8 Å². The molecular formula is C11H15FN4. The summed E-state index contributed by atoms with van der Waals surface area (Å²) in [5.74, 6) is 1.46. The zero-order valence-electron chi connectivity index (χ0n) is 8.99. The molecule has 2 aliphatic rings. The highest BCUT2D eigenvalue weighted by Gasteiger charge is 2.39. The third-order valence-electron chi connectivity index (χ3n) is 3.82. The standard InChI is InChI=1S/C11H15FN4/c12-8-5-14-11(13)16-10(8)15-9-4-6-1-2-7(9)3-6/h5-7,9H,1-4H2,(H3,13,14,15,16). The molecule has 3 rings (SSSR count). The molecule has 3 N–H and O–H groups in total. The molecule has 3 atom stereocenters. The molecule has 0 radical (unpaired) electrons. The minimum absolute atomic E-state index is 0.118. The Morgan fingerprint density at radius 2 is 2.25 bits per heavy atom. The van der Waals surface area contributed by atoms with Gasteiger partial charge in [-0.1, -0.05) is 6.42 Å². The van der Waals surface area contributed by atoms with Crippen LogP contribution in [0.15, 0.2) is 6.20 Å². The molecule has 86 valence electrons. The summed E-state index contributed by atoms with van der Waals surface area (Å²) in [6.45, 7) is 0. The molecule has 2 fully saturated rings. The first-order chi connectivity index (χ1) is 7.72. The lowest BCUT2D eigenvalue weighted by Crippen LogP contribution is -2.27. The zero-order valence-corrected chi connectivity index (χ0v) is 8.99. The number of nitrogens with one attached hydrogen (secondary N) is 1. The van der Waals surface area contributed by atoms with Crippen molar-refractivity contribution in [3.63, 3.8) is 0 Å². The number of halogens is 1. The summed E-state index contributed by atoms with van der Waals surface area (Å²) in [5, 5.41) is 3.18. The van der Waals surface area contributed by atoms with Crippen molar-refractivity contribution >= 4 is 11.8 Å². The number of nitrogen functional groups attached to an aromatic ring is 1. The lowest BCUT2D eigenvalue weighted by atomic mass is 9.95. The third-order valence-corrected chi connectivity index (χ3v) is 3.82. The molecule has 0 amide bonds. The first-order valence-corrected chi connectivity index (χ1v) is 5.77. The third kappa shape index (κ3) is 1.60. The Morgan fingerprint density at radius 1 is 1.38 bits per heavy atom. The average molecular weight is 222 g/mol. The predicted octanol–water partition coefficient (Wildman–Crippen LogP) is 1.80. The van der Waals surface area contributed by atoms with Gasteiger partial charge in [-0.05, 0) is 31.1 Å². The maximum atomic E-state index is 13.4. The Morgan fingerprint density at radius 3 is 2.94 bits per heavy atom. The molecule has 5 heteroatoms. The van der Waals surface area contributed by atoms with Crippen LogP contribution in [0.25, 0.3) is 0 Å². The number of rotatable bonds is 2. The second kappa shape index (κ2) is 3.57. The number of aromatic nitrogens is 2. The molecular weight excluding hydrogens is 207 g/mol. The van der Waals surface area contributed by atoms with Gasteiger partial charge in [0.25, 0.3) is 0 Å². The Hall–Kier alpha value is -1.39. The lowest BCUT2D eigenvalue weighted by Gasteiger charge is -2.23. The SMILES string of the molecule is Nc1ncc(F)c(NC2CC3CCC2C3)n1. The molecule has 0 aliphatic heterocycles. The fraction of sp³-hybridized carbons (Fsp3) is 0.636. The first-order valence-electron chi connectivity index (χ1n) is 5.77. The van der Waals surface area contributed by atoms with E-state index in [4.69, 9.17) is 5.73 Å². The minimum atomic E-state index is -0.419. The molecule has 1 heterocycles. The molecule has 2 aliphatic carbocycles. The summed E-state index contributed by atoms with van der Waals surface area (Å²) in [5.41, 5.74) is 5.45. The molecule has 2 saturated carbocycles. The maximum Gasteiger partial charge on any atom is 0.222 e. The zero-order chi connectivity index (χ0) is 11.1. The van der Waals surface area contributed by atoms with Crippen LogP contribution >= 0.6 is 0 Å². The van der Waals surface area contributed by atoms with Crippen molar-refractivity contribution in [1.29, 1.82) is 0 Å². The molecule has 0 saturated heterocycles. The molecule has 0 spiro atoms. The number of anilines is 2. The molecule has 2 bridgehead atoms. The molecule has 4 nitrogen and oxygen atoms in total. The van der Waals surface area contributed by atoms with Gasteiger partial charge in [0.15, 0.2) is 11.6 Å². The van der Waals surface area contributed by atoms with Crippen molar-refractivity contribution in [3.05, 3.63) is 12.0 Å². The van der Waals surface area contributed by atoms with E-state index in [0.717, 1.165) is 18.5 Å². The van der Waals surface area contributed by atoms with Gasteiger partial charge in [0, 0.05) is 6.04 Å². The van der Waals surface area contributed by atoms with Gasteiger partial charge in [-0.3, -0.25) is 0 Å². The highest BCUT2D eigenvalue weighted by atomic mass is 19.1. The van der Waals surface area contributed by atoms with Gasteiger partial charge in [0.2, 0.25) is 5.95 Å². The Labute approximate surface area is 93.5 Å². The monoisotopic (exact) mass is 222 g/mol. The van der Waals surface area contributed by atoms with E-state index >= 15 is 0 Å². The van der Waals surface area contributed by atoms with E-state index in [1.165, 1.54) is 19.3 Å². The number of fused-ring (bicyclic) bond motifs is 2. The van der Waals surface area contributed by atoms with Gasteiger partial charge < -0.3 is 11.1 Å². The van der Waals surface area contributed by atoms with Gasteiger partial charge in [0.05, 0.1) is 6.20 Å². The number of hydrogen-bond donors (Lipinski definition) is 2. The molecule has 0 aromatic carbocycles. The van der Waals surface area contributed by atoms with Gasteiger partial charge in [-0.15, -0.1) is 0 Å². The van der Waals surface area contributed by atoms with E-state index in [2.05, 4.69) is 15.3 Å². The minimum Gasteiger partial charge on any atom is -0.368 e. The van der Waals surface area contributed by atoms with E-state index in [9.17, 15) is 4.39 Å². The Kier molecular flexibility index (Phi) is 2.19. The summed E-state index contributed by atoms with van der Waals surface area (Å²) in [7, 11) is 0. The number of nitrogens with zero attached hydrogens (tertiary/aromatic N) is 2. The fourth-order valence-corrected chi connectivity index (χ4v) is 3.08. The summed E-state index contributed by atoms with van der Waals surface area (Å²) < 4.78 is 13.4. The molecule has 3 unspecified atom stereocenters. The second-order valence-electron chi connectivity index (χ2n) is 4.85. The van der Waals surface area contributed by atoms with E-state index in [0.29, 0.717) is 12.0 Å². The van der Waals surface area contributed by atoms with Crippen LogP contribution in [0.1, 0.15) is 25.7 Å². The maximum absolute atomic E-state index is 13.4. The number of nitrogens with two attached hydrogens (primary N) is 1. The van der Waals surface area contributed by atoms with Crippen molar-refractivity contribution in [2.45, 2.75) is 31.7 Å². The highest BCUT2D eigenvalue weighted by molar-refractivity contribution is 5.40. The highest BCUT2D eigenvalue weighted by Crippen LogP contribution is 2.45. The van der Waals surface area contributed by atoms with Crippen LogP contribution in [0.4, 0.5) is 16.2 Å². The van der Waals surface area contributed by atoms with E-state index < -0.39 is 5.82 Å². The molecule has 1 aromatic rings. The van der Waals surface area contributed by atoms with Gasteiger partial charge in [0.1, 0.15) is 0 Å². The fourth-order valence-electron chi connectivity index (χ4n) is 3.08. The molecule has 1 aromatic heterocycles. The van der Waals surface area contributed by atoms with Crippen LogP contribution in [0.2, 0.25) is 0 Å². The van der Waals surface area contributed by atoms with Gasteiger partial charge in [-0.2, -0.15) is 4.98 Å². The first kappa shape index (κ1) is 9.81. The van der Waals surface area contributed by atoms with Crippen molar-refractivity contribution in [2.75, 3.05) is 11.1 Å². The van der Waals surface area contributed by atoms with E-state index in [-0.39, 0.29) is 11.8 Å². The second-order valence-corrected chi connectivity index (χ2v) is 4.85. The summed E-state index contributed by atoms with van der Waals surface area (Å²) in [6, 6.07) is 0.363. The molecule has 16 heavy (non-hydrogen) atoms. The summed E-state index contributed by atoms with van der Waals surface area (Å²) in [6.07, 6.45) is 6.12. The predicted molar refractivity (Wildman–Crippen MR) is 59.3 cm³/mol. The smallest absolute Gasteiger partial charge is 0.222 e. The van der Waals surface area contributed by atoms with Gasteiger partial charge >= 0.3 is 0 Å². The largest absolute Gasteiger partial charge is 0.368 e. The number of hydrogen-bond acceptors (Lipinski definition) is 4. The Bertz CT molecular complexity index is 409. The van der Waals surface area contributed by atoms with Crippen molar-refractivity contribution < 1.29 is 4.39 Å². The normalized spacial score (nSPS) is 31.9. The Balaban J connectivity index is 1.76.